The minimum Gasteiger partial charge on any atom is -0.511 e. The van der Waals surface area contributed by atoms with Gasteiger partial charge in [-0.1, -0.05) is 6.07 Å². The lowest BCUT2D eigenvalue weighted by atomic mass is 9.82. The Bertz CT molecular complexity index is 1560. The number of benzene rings is 1. The lowest BCUT2D eigenvalue weighted by molar-refractivity contribution is -0.141. The van der Waals surface area contributed by atoms with Crippen LogP contribution in [0.2, 0.25) is 0 Å². The van der Waals surface area contributed by atoms with Crippen LogP contribution in [-0.4, -0.2) is 42.9 Å². The molecule has 4 N–H and O–H groups in total. The Labute approximate surface area is 236 Å². The van der Waals surface area contributed by atoms with Crippen LogP contribution in [0.4, 0.5) is 24.8 Å². The molecule has 0 radical (unpaired) electrons. The molecule has 1 aromatic carbocycles. The number of aliphatic hydroxyl groups is 2. The van der Waals surface area contributed by atoms with Gasteiger partial charge in [0, 0.05) is 24.1 Å². The summed E-state index contributed by atoms with van der Waals surface area (Å²) in [7, 11) is 0. The molecule has 0 atom stereocenters. The van der Waals surface area contributed by atoms with E-state index in [4.69, 9.17) is 0 Å². The van der Waals surface area contributed by atoms with Crippen molar-refractivity contribution in [1.82, 2.24) is 20.3 Å². The van der Waals surface area contributed by atoms with E-state index in [0.29, 0.717) is 36.4 Å². The van der Waals surface area contributed by atoms with Crippen molar-refractivity contribution in [2.24, 2.45) is 0 Å². The first-order valence-electron chi connectivity index (χ1n) is 12.8. The molecule has 0 spiro atoms. The smallest absolute Gasteiger partial charge is 0.433 e. The fourth-order valence-corrected chi connectivity index (χ4v) is 5.89. The van der Waals surface area contributed by atoms with Gasteiger partial charge >= 0.3 is 6.18 Å². The molecule has 2 aliphatic carbocycles. The van der Waals surface area contributed by atoms with E-state index < -0.39 is 23.4 Å². The number of nitrogens with one attached hydrogen (secondary N) is 2. The van der Waals surface area contributed by atoms with Crippen molar-refractivity contribution >= 4 is 34.7 Å². The van der Waals surface area contributed by atoms with Gasteiger partial charge in [0.15, 0.2) is 5.78 Å². The average Bonchev–Trinajstić information content (AvgIpc) is 3.41. The zero-order valence-electron chi connectivity index (χ0n) is 21.8. The topological polar surface area (TPSA) is 137 Å². The molecule has 13 heteroatoms. The number of aliphatic hydroxyl groups excluding tert-OH is 1. The van der Waals surface area contributed by atoms with Crippen LogP contribution >= 0.6 is 11.3 Å². The van der Waals surface area contributed by atoms with Crippen LogP contribution in [-0.2, 0) is 21.4 Å². The Hall–Kier alpha value is -4.10. The summed E-state index contributed by atoms with van der Waals surface area (Å²) in [4.78, 5) is 36.7. The number of allylic oxidation sites excluding steroid dienone is 2. The van der Waals surface area contributed by atoms with Gasteiger partial charge in [-0.05, 0) is 74.1 Å². The molecule has 5 rings (SSSR count). The molecule has 0 aliphatic heterocycles. The summed E-state index contributed by atoms with van der Waals surface area (Å²) in [6.45, 7) is 1.85. The predicted octanol–water partition coefficient (Wildman–Crippen LogP) is 5.26. The highest BCUT2D eigenvalue weighted by molar-refractivity contribution is 7.15. The van der Waals surface area contributed by atoms with Gasteiger partial charge in [0.2, 0.25) is 5.95 Å². The van der Waals surface area contributed by atoms with Crippen molar-refractivity contribution in [3.8, 4) is 10.4 Å². The first kappa shape index (κ1) is 28.4. The van der Waals surface area contributed by atoms with Gasteiger partial charge in [-0.25, -0.2) is 15.0 Å². The third-order valence-electron chi connectivity index (χ3n) is 6.95. The molecular weight excluding hydrogens is 559 g/mol. The highest BCUT2D eigenvalue weighted by atomic mass is 32.1. The summed E-state index contributed by atoms with van der Waals surface area (Å²) in [5.41, 5.74) is -0.0428. The summed E-state index contributed by atoms with van der Waals surface area (Å²) in [6.07, 6.45) is 2.18. The van der Waals surface area contributed by atoms with E-state index in [-0.39, 0.29) is 35.5 Å². The normalized spacial score (nSPS) is 21.2. The molecule has 0 unspecified atom stereocenters. The van der Waals surface area contributed by atoms with Crippen LogP contribution in [0.15, 0.2) is 60.1 Å². The van der Waals surface area contributed by atoms with E-state index in [1.807, 2.05) is 13.0 Å². The molecule has 2 aromatic heterocycles. The maximum atomic E-state index is 13.0. The minimum atomic E-state index is -4.59. The number of hydrogen-bond acceptors (Lipinski definition) is 9. The van der Waals surface area contributed by atoms with Gasteiger partial charge in [-0.3, -0.25) is 9.59 Å². The highest BCUT2D eigenvalue weighted by Crippen LogP contribution is 2.41. The number of nitrogens with zero attached hydrogens (tertiary/aromatic N) is 3. The monoisotopic (exact) mass is 585 g/mol. The molecule has 1 saturated carbocycles. The van der Waals surface area contributed by atoms with Crippen LogP contribution in [0.5, 0.6) is 0 Å². The SMILES string of the molecule is Cc1cc(Nc2nccc(C(F)(F)F)n2)cc(-c2cnc(C3(O)CCC(NC(=O)C4=C(O)CC(=O)C=C4)CC3)s2)c1. The molecule has 41 heavy (non-hydrogen) atoms. The third-order valence-corrected chi connectivity index (χ3v) is 8.19. The Morgan fingerprint density at radius 2 is 1.90 bits per heavy atom. The Balaban J connectivity index is 1.26. The number of ketones is 1. The predicted molar refractivity (Wildman–Crippen MR) is 145 cm³/mol. The fourth-order valence-electron chi connectivity index (χ4n) is 4.84. The first-order chi connectivity index (χ1) is 19.4. The van der Waals surface area contributed by atoms with Crippen molar-refractivity contribution in [2.45, 2.75) is 56.8 Å². The third kappa shape index (κ3) is 6.46. The van der Waals surface area contributed by atoms with E-state index in [2.05, 4.69) is 25.6 Å². The fraction of sp³-hybridized carbons (Fsp3) is 0.321. The van der Waals surface area contributed by atoms with Crippen LogP contribution in [0.1, 0.15) is 48.4 Å². The number of carbonyl (C=O) groups is 2. The largest absolute Gasteiger partial charge is 0.511 e. The van der Waals surface area contributed by atoms with Crippen LogP contribution in [0.25, 0.3) is 10.4 Å². The summed E-state index contributed by atoms with van der Waals surface area (Å²) in [5, 5.41) is 27.6. The number of halogens is 3. The standard InChI is InChI=1S/C28H26F3N5O4S/c1-15-10-16(12-18(11-15)35-26-32-9-6-23(36-26)28(29,30)31)22-14-33-25(41-22)27(40)7-4-17(5-8-27)34-24(39)20-3-2-19(37)13-21(20)38/h2-3,6,9-12,14,17,38,40H,4-5,7-8,13H2,1H3,(H,34,39)(H,32,35,36). The number of hydrogen-bond donors (Lipinski definition) is 4. The minimum absolute atomic E-state index is 0.0710. The molecule has 1 fully saturated rings. The molecule has 2 aliphatic rings. The van der Waals surface area contributed by atoms with Crippen molar-refractivity contribution < 1.29 is 33.0 Å². The summed E-state index contributed by atoms with van der Waals surface area (Å²) in [5.74, 6) is -1.17. The second-order valence-electron chi connectivity index (χ2n) is 10.1. The second kappa shape index (κ2) is 11.1. The number of rotatable bonds is 6. The van der Waals surface area contributed by atoms with Crippen LogP contribution in [0.3, 0.4) is 0 Å². The molecule has 9 nitrogen and oxygen atoms in total. The van der Waals surface area contributed by atoms with Crippen molar-refractivity contribution in [1.29, 1.82) is 0 Å². The first-order valence-corrected chi connectivity index (χ1v) is 13.6. The molecule has 0 bridgehead atoms. The summed E-state index contributed by atoms with van der Waals surface area (Å²) >= 11 is 1.32. The van der Waals surface area contributed by atoms with Gasteiger partial charge in [0.05, 0.1) is 16.9 Å². The highest BCUT2D eigenvalue weighted by Gasteiger charge is 2.38. The molecule has 3 aromatic rings. The zero-order chi connectivity index (χ0) is 29.4. The van der Waals surface area contributed by atoms with Gasteiger partial charge in [-0.15, -0.1) is 11.3 Å². The zero-order valence-corrected chi connectivity index (χ0v) is 22.6. The summed E-state index contributed by atoms with van der Waals surface area (Å²) < 4.78 is 39.1. The number of alkyl halides is 3. The Morgan fingerprint density at radius 3 is 2.61 bits per heavy atom. The number of anilines is 2. The quantitative estimate of drug-likeness (QED) is 0.308. The van der Waals surface area contributed by atoms with Crippen LogP contribution < -0.4 is 10.6 Å². The van der Waals surface area contributed by atoms with E-state index in [0.717, 1.165) is 28.3 Å². The number of thiazole rings is 1. The van der Waals surface area contributed by atoms with Crippen molar-refractivity contribution in [3.05, 3.63) is 76.4 Å². The maximum Gasteiger partial charge on any atom is 0.433 e. The van der Waals surface area contributed by atoms with Crippen LogP contribution in [0, 0.1) is 6.92 Å². The Morgan fingerprint density at radius 1 is 1.15 bits per heavy atom. The van der Waals surface area contributed by atoms with Gasteiger partial charge < -0.3 is 20.8 Å². The molecule has 2 heterocycles. The molecule has 0 saturated heterocycles. The number of carbonyl (C=O) groups excluding carboxylic acids is 2. The number of aromatic nitrogens is 3. The van der Waals surface area contributed by atoms with Gasteiger partial charge in [0.1, 0.15) is 22.1 Å². The lowest BCUT2D eigenvalue weighted by Gasteiger charge is -2.35. The average molecular weight is 586 g/mol. The lowest BCUT2D eigenvalue weighted by Crippen LogP contribution is -2.42. The molecule has 214 valence electrons. The van der Waals surface area contributed by atoms with E-state index in [1.54, 1.807) is 18.3 Å². The molecule has 1 amide bonds. The number of aryl methyl sites for hydroxylation is 1. The molecular formula is C28H26F3N5O4S. The van der Waals surface area contributed by atoms with Gasteiger partial charge in [-0.2, -0.15) is 13.2 Å². The maximum absolute atomic E-state index is 13.0. The van der Waals surface area contributed by atoms with E-state index >= 15 is 0 Å². The summed E-state index contributed by atoms with van der Waals surface area (Å²) in [6, 6.07) is 6.01. The van der Waals surface area contributed by atoms with Crippen molar-refractivity contribution in [2.75, 3.05) is 5.32 Å². The van der Waals surface area contributed by atoms with Crippen molar-refractivity contribution in [3.63, 3.8) is 0 Å². The second-order valence-corrected chi connectivity index (χ2v) is 11.2. The van der Waals surface area contributed by atoms with Gasteiger partial charge in [0.25, 0.3) is 5.91 Å². The van der Waals surface area contributed by atoms with E-state index in [9.17, 15) is 33.0 Å². The van der Waals surface area contributed by atoms with E-state index in [1.165, 1.54) is 23.5 Å². The number of amides is 1. The Kier molecular flexibility index (Phi) is 7.66.